The Morgan fingerprint density at radius 3 is 2.72 bits per heavy atom. The fourth-order valence-electron chi connectivity index (χ4n) is 2.59. The van der Waals surface area contributed by atoms with Crippen molar-refractivity contribution in [3.05, 3.63) is 23.7 Å². The van der Waals surface area contributed by atoms with E-state index in [0.29, 0.717) is 6.04 Å². The lowest BCUT2D eigenvalue weighted by molar-refractivity contribution is 0.224. The van der Waals surface area contributed by atoms with Crippen LogP contribution < -0.4 is 5.32 Å². The lowest BCUT2D eigenvalue weighted by Gasteiger charge is -2.26. The Labute approximate surface area is 111 Å². The molecule has 0 aliphatic carbocycles. The van der Waals surface area contributed by atoms with E-state index in [9.17, 15) is 0 Å². The average molecular weight is 250 g/mol. The third-order valence-electron chi connectivity index (χ3n) is 3.74. The topological polar surface area (TPSA) is 28.4 Å². The molecule has 1 saturated heterocycles. The molecule has 18 heavy (non-hydrogen) atoms. The van der Waals surface area contributed by atoms with Crippen molar-refractivity contribution in [2.24, 2.45) is 0 Å². The first-order valence-corrected chi connectivity index (χ1v) is 7.28. The highest BCUT2D eigenvalue weighted by Gasteiger charge is 2.10. The first-order chi connectivity index (χ1) is 8.75. The van der Waals surface area contributed by atoms with Gasteiger partial charge in [-0.3, -0.25) is 0 Å². The Balaban J connectivity index is 1.60. The minimum atomic E-state index is 0.319. The first kappa shape index (κ1) is 13.6. The Hall–Kier alpha value is -0.800. The van der Waals surface area contributed by atoms with Crippen molar-refractivity contribution in [3.63, 3.8) is 0 Å². The molecule has 1 unspecified atom stereocenters. The zero-order chi connectivity index (χ0) is 12.8. The van der Waals surface area contributed by atoms with Crippen molar-refractivity contribution in [2.75, 3.05) is 26.2 Å². The van der Waals surface area contributed by atoms with E-state index in [4.69, 9.17) is 4.42 Å². The molecular weight excluding hydrogens is 224 g/mol. The van der Waals surface area contributed by atoms with E-state index in [2.05, 4.69) is 23.2 Å². The molecule has 0 radical (unpaired) electrons. The smallest absolute Gasteiger partial charge is 0.120 e. The highest BCUT2D eigenvalue weighted by molar-refractivity contribution is 5.08. The summed E-state index contributed by atoms with van der Waals surface area (Å²) in [6.45, 7) is 9.06. The van der Waals surface area contributed by atoms with Crippen molar-refractivity contribution in [1.82, 2.24) is 10.2 Å². The fraction of sp³-hybridized carbons (Fsp3) is 0.733. The molecule has 1 aliphatic heterocycles. The van der Waals surface area contributed by atoms with E-state index >= 15 is 0 Å². The molecule has 1 aromatic heterocycles. The predicted molar refractivity (Wildman–Crippen MR) is 74.8 cm³/mol. The molecule has 1 atom stereocenters. The van der Waals surface area contributed by atoms with E-state index in [0.717, 1.165) is 18.1 Å². The van der Waals surface area contributed by atoms with Gasteiger partial charge in [-0.25, -0.2) is 0 Å². The normalized spacial score (nSPS) is 19.0. The number of nitrogens with zero attached hydrogens (tertiary/aromatic N) is 1. The number of nitrogens with one attached hydrogen (secondary N) is 1. The number of hydrogen-bond acceptors (Lipinski definition) is 3. The molecule has 102 valence electrons. The van der Waals surface area contributed by atoms with Gasteiger partial charge in [0.2, 0.25) is 0 Å². The summed E-state index contributed by atoms with van der Waals surface area (Å²) >= 11 is 0. The predicted octanol–water partition coefficient (Wildman–Crippen LogP) is 3.11. The van der Waals surface area contributed by atoms with E-state index in [1.165, 1.54) is 45.3 Å². The molecule has 2 heterocycles. The van der Waals surface area contributed by atoms with Gasteiger partial charge >= 0.3 is 0 Å². The zero-order valence-electron chi connectivity index (χ0n) is 11.7. The Kier molecular flexibility index (Phi) is 5.26. The van der Waals surface area contributed by atoms with Crippen LogP contribution in [0.1, 0.15) is 50.2 Å². The van der Waals surface area contributed by atoms with Crippen molar-refractivity contribution >= 4 is 0 Å². The lowest BCUT2D eigenvalue weighted by atomic mass is 10.1. The standard InChI is InChI=1S/C15H26N2O/c1-13-7-8-15(18-13)14(2)16-9-6-12-17-10-4-3-5-11-17/h7-8,14,16H,3-6,9-12H2,1-2H3. The Morgan fingerprint density at radius 2 is 2.06 bits per heavy atom. The summed E-state index contributed by atoms with van der Waals surface area (Å²) in [7, 11) is 0. The van der Waals surface area contributed by atoms with Crippen LogP contribution in [0.15, 0.2) is 16.5 Å². The van der Waals surface area contributed by atoms with Crippen LogP contribution in [0, 0.1) is 6.92 Å². The van der Waals surface area contributed by atoms with Crippen LogP contribution in [0.4, 0.5) is 0 Å². The molecule has 1 aliphatic rings. The van der Waals surface area contributed by atoms with E-state index in [1.807, 2.05) is 13.0 Å². The molecule has 1 N–H and O–H groups in total. The summed E-state index contributed by atoms with van der Waals surface area (Å²) in [5, 5.41) is 3.53. The largest absolute Gasteiger partial charge is 0.465 e. The third-order valence-corrected chi connectivity index (χ3v) is 3.74. The summed E-state index contributed by atoms with van der Waals surface area (Å²) < 4.78 is 5.62. The van der Waals surface area contributed by atoms with Crippen molar-refractivity contribution in [1.29, 1.82) is 0 Å². The summed E-state index contributed by atoms with van der Waals surface area (Å²) in [5.74, 6) is 2.04. The van der Waals surface area contributed by atoms with E-state index < -0.39 is 0 Å². The molecule has 0 aromatic carbocycles. The molecule has 3 nitrogen and oxygen atoms in total. The second-order valence-electron chi connectivity index (χ2n) is 5.38. The second-order valence-corrected chi connectivity index (χ2v) is 5.38. The first-order valence-electron chi connectivity index (χ1n) is 7.28. The maximum absolute atomic E-state index is 5.62. The van der Waals surface area contributed by atoms with Crippen LogP contribution in [0.2, 0.25) is 0 Å². The van der Waals surface area contributed by atoms with Crippen LogP contribution in [-0.4, -0.2) is 31.1 Å². The van der Waals surface area contributed by atoms with Gasteiger partial charge in [-0.15, -0.1) is 0 Å². The summed E-state index contributed by atoms with van der Waals surface area (Å²) in [6, 6.07) is 4.42. The molecular formula is C15H26N2O. The second kappa shape index (κ2) is 6.95. The van der Waals surface area contributed by atoms with E-state index in [-0.39, 0.29) is 0 Å². The number of furan rings is 1. The minimum absolute atomic E-state index is 0.319. The monoisotopic (exact) mass is 250 g/mol. The number of likely N-dealkylation sites (tertiary alicyclic amines) is 1. The quantitative estimate of drug-likeness (QED) is 0.786. The van der Waals surface area contributed by atoms with Gasteiger partial charge in [-0.05, 0) is 71.4 Å². The highest BCUT2D eigenvalue weighted by Crippen LogP contribution is 2.15. The third kappa shape index (κ3) is 4.14. The van der Waals surface area contributed by atoms with Crippen molar-refractivity contribution < 1.29 is 4.42 Å². The zero-order valence-corrected chi connectivity index (χ0v) is 11.7. The average Bonchev–Trinajstić information content (AvgIpc) is 2.82. The molecule has 1 fully saturated rings. The maximum Gasteiger partial charge on any atom is 0.120 e. The van der Waals surface area contributed by atoms with Gasteiger partial charge in [-0.2, -0.15) is 0 Å². The fourth-order valence-corrected chi connectivity index (χ4v) is 2.59. The number of rotatable bonds is 6. The van der Waals surface area contributed by atoms with Crippen molar-refractivity contribution in [2.45, 2.75) is 45.6 Å². The molecule has 1 aromatic rings. The van der Waals surface area contributed by atoms with Gasteiger partial charge in [-0.1, -0.05) is 6.42 Å². The van der Waals surface area contributed by atoms with Crippen LogP contribution in [0.25, 0.3) is 0 Å². The SMILES string of the molecule is Cc1ccc(C(C)NCCCN2CCCCC2)o1. The summed E-state index contributed by atoms with van der Waals surface area (Å²) in [6.07, 6.45) is 5.42. The summed E-state index contributed by atoms with van der Waals surface area (Å²) in [4.78, 5) is 2.59. The number of hydrogen-bond donors (Lipinski definition) is 1. The number of aryl methyl sites for hydroxylation is 1. The number of piperidine rings is 1. The van der Waals surface area contributed by atoms with Crippen LogP contribution in [0.5, 0.6) is 0 Å². The lowest BCUT2D eigenvalue weighted by Crippen LogP contribution is -2.32. The summed E-state index contributed by atoms with van der Waals surface area (Å²) in [5.41, 5.74) is 0. The molecule has 0 saturated carbocycles. The van der Waals surface area contributed by atoms with Crippen LogP contribution in [0.3, 0.4) is 0 Å². The Bertz CT molecular complexity index is 342. The van der Waals surface area contributed by atoms with Crippen LogP contribution in [-0.2, 0) is 0 Å². The molecule has 0 bridgehead atoms. The molecule has 0 amide bonds. The minimum Gasteiger partial charge on any atom is -0.465 e. The van der Waals surface area contributed by atoms with Gasteiger partial charge in [0.15, 0.2) is 0 Å². The Morgan fingerprint density at radius 1 is 1.28 bits per heavy atom. The van der Waals surface area contributed by atoms with Gasteiger partial charge in [0.05, 0.1) is 6.04 Å². The molecule has 2 rings (SSSR count). The van der Waals surface area contributed by atoms with Crippen molar-refractivity contribution in [3.8, 4) is 0 Å². The highest BCUT2D eigenvalue weighted by atomic mass is 16.3. The van der Waals surface area contributed by atoms with Gasteiger partial charge < -0.3 is 14.6 Å². The molecule has 3 heteroatoms. The maximum atomic E-state index is 5.62. The molecule has 0 spiro atoms. The van der Waals surface area contributed by atoms with Gasteiger partial charge in [0.25, 0.3) is 0 Å². The van der Waals surface area contributed by atoms with Gasteiger partial charge in [0, 0.05) is 0 Å². The van der Waals surface area contributed by atoms with Gasteiger partial charge in [0.1, 0.15) is 11.5 Å². The van der Waals surface area contributed by atoms with Crippen LogP contribution >= 0.6 is 0 Å². The van der Waals surface area contributed by atoms with E-state index in [1.54, 1.807) is 0 Å².